The zero-order valence-electron chi connectivity index (χ0n) is 10.5. The Morgan fingerprint density at radius 2 is 2.37 bits per heavy atom. The molecule has 0 aromatic carbocycles. The number of likely N-dealkylation sites (tertiary alicyclic amines) is 1. The van der Waals surface area contributed by atoms with Crippen molar-refractivity contribution in [3.8, 4) is 0 Å². The molecule has 0 bridgehead atoms. The van der Waals surface area contributed by atoms with E-state index in [0.29, 0.717) is 10.6 Å². The number of nitrogen functional groups attached to an aromatic ring is 1. The van der Waals surface area contributed by atoms with Crippen LogP contribution in [0.2, 0.25) is 0 Å². The third-order valence-electron chi connectivity index (χ3n) is 3.47. The highest BCUT2D eigenvalue weighted by Gasteiger charge is 2.31. The fraction of sp³-hybridized carbons (Fsp3) is 0.286. The second-order valence-corrected chi connectivity index (χ2v) is 5.56. The van der Waals surface area contributed by atoms with Crippen LogP contribution < -0.4 is 5.73 Å². The maximum Gasteiger partial charge on any atom is 0.266 e. The molecular formula is C14H15N3OS. The molecule has 98 valence electrons. The highest BCUT2D eigenvalue weighted by atomic mass is 32.1. The minimum Gasteiger partial charge on any atom is -0.397 e. The van der Waals surface area contributed by atoms with E-state index in [9.17, 15) is 4.79 Å². The fourth-order valence-corrected chi connectivity index (χ4v) is 3.33. The summed E-state index contributed by atoms with van der Waals surface area (Å²) in [7, 11) is 0. The first-order valence-electron chi connectivity index (χ1n) is 6.31. The van der Waals surface area contributed by atoms with Gasteiger partial charge in [-0.1, -0.05) is 6.07 Å². The third-order valence-corrected chi connectivity index (χ3v) is 4.39. The van der Waals surface area contributed by atoms with Crippen LogP contribution in [0.25, 0.3) is 0 Å². The van der Waals surface area contributed by atoms with Crippen molar-refractivity contribution < 1.29 is 4.79 Å². The van der Waals surface area contributed by atoms with Crippen molar-refractivity contribution >= 4 is 22.9 Å². The van der Waals surface area contributed by atoms with E-state index in [0.717, 1.165) is 24.9 Å². The van der Waals surface area contributed by atoms with Gasteiger partial charge < -0.3 is 10.6 Å². The van der Waals surface area contributed by atoms with Crippen LogP contribution in [0.15, 0.2) is 36.0 Å². The maximum absolute atomic E-state index is 12.5. The zero-order valence-corrected chi connectivity index (χ0v) is 11.3. The minimum absolute atomic E-state index is 0.0406. The minimum atomic E-state index is 0.0406. The van der Waals surface area contributed by atoms with Gasteiger partial charge in [-0.3, -0.25) is 9.78 Å². The summed E-state index contributed by atoms with van der Waals surface area (Å²) in [5.74, 6) is 0.0406. The number of rotatable bonds is 2. The molecule has 2 N–H and O–H groups in total. The smallest absolute Gasteiger partial charge is 0.266 e. The van der Waals surface area contributed by atoms with E-state index in [-0.39, 0.29) is 11.9 Å². The lowest BCUT2D eigenvalue weighted by atomic mass is 10.1. The van der Waals surface area contributed by atoms with E-state index >= 15 is 0 Å². The molecule has 3 rings (SSSR count). The molecule has 2 aromatic rings. The van der Waals surface area contributed by atoms with E-state index in [1.54, 1.807) is 12.3 Å². The summed E-state index contributed by atoms with van der Waals surface area (Å²) in [6.07, 6.45) is 5.61. The Kier molecular flexibility index (Phi) is 3.21. The van der Waals surface area contributed by atoms with Gasteiger partial charge in [0.2, 0.25) is 0 Å². The molecule has 1 atom stereocenters. The Bertz CT molecular complexity index is 581. The van der Waals surface area contributed by atoms with Gasteiger partial charge in [0.1, 0.15) is 4.88 Å². The number of hydrogen-bond donors (Lipinski definition) is 1. The SMILES string of the molecule is Nc1ccsc1C(=O)N1CCCC1c1cccnc1. The number of amides is 1. The van der Waals surface area contributed by atoms with Crippen LogP contribution in [0.1, 0.15) is 34.1 Å². The number of anilines is 1. The van der Waals surface area contributed by atoms with Crippen molar-refractivity contribution in [2.24, 2.45) is 0 Å². The van der Waals surface area contributed by atoms with Gasteiger partial charge in [-0.2, -0.15) is 0 Å². The van der Waals surface area contributed by atoms with E-state index in [1.807, 2.05) is 28.6 Å². The molecule has 19 heavy (non-hydrogen) atoms. The van der Waals surface area contributed by atoms with Crippen molar-refractivity contribution in [1.29, 1.82) is 0 Å². The third kappa shape index (κ3) is 2.21. The molecule has 5 heteroatoms. The number of carbonyl (C=O) groups excluding carboxylic acids is 1. The standard InChI is InChI=1S/C14H15N3OS/c15-11-5-8-19-13(11)14(18)17-7-2-4-12(17)10-3-1-6-16-9-10/h1,3,5-6,8-9,12H,2,4,7,15H2. The molecule has 2 aromatic heterocycles. The predicted octanol–water partition coefficient (Wildman–Crippen LogP) is 2.70. The number of pyridine rings is 1. The highest BCUT2D eigenvalue weighted by molar-refractivity contribution is 7.12. The van der Waals surface area contributed by atoms with Gasteiger partial charge in [-0.15, -0.1) is 11.3 Å². The molecule has 0 spiro atoms. The average Bonchev–Trinajstić information content (AvgIpc) is 3.07. The van der Waals surface area contributed by atoms with Gasteiger partial charge >= 0.3 is 0 Å². The molecule has 1 unspecified atom stereocenters. The van der Waals surface area contributed by atoms with Crippen LogP contribution in [-0.4, -0.2) is 22.3 Å². The molecule has 4 nitrogen and oxygen atoms in total. The molecule has 0 radical (unpaired) electrons. The lowest BCUT2D eigenvalue weighted by molar-refractivity contribution is 0.0741. The average molecular weight is 273 g/mol. The second kappa shape index (κ2) is 5.01. The molecule has 1 fully saturated rings. The Labute approximate surface area is 115 Å². The number of carbonyl (C=O) groups is 1. The van der Waals surface area contributed by atoms with Gasteiger partial charge in [0.25, 0.3) is 5.91 Å². The molecule has 1 saturated heterocycles. The summed E-state index contributed by atoms with van der Waals surface area (Å²) in [5.41, 5.74) is 7.52. The molecule has 1 amide bonds. The van der Waals surface area contributed by atoms with Gasteiger partial charge in [0.05, 0.1) is 11.7 Å². The predicted molar refractivity (Wildman–Crippen MR) is 76.0 cm³/mol. The van der Waals surface area contributed by atoms with Crippen LogP contribution in [0.3, 0.4) is 0 Å². The lowest BCUT2D eigenvalue weighted by Crippen LogP contribution is -2.30. The van der Waals surface area contributed by atoms with E-state index in [2.05, 4.69) is 4.98 Å². The van der Waals surface area contributed by atoms with Crippen LogP contribution in [-0.2, 0) is 0 Å². The van der Waals surface area contributed by atoms with Crippen LogP contribution >= 0.6 is 11.3 Å². The summed E-state index contributed by atoms with van der Waals surface area (Å²) in [5, 5.41) is 1.86. The van der Waals surface area contributed by atoms with E-state index < -0.39 is 0 Å². The highest BCUT2D eigenvalue weighted by Crippen LogP contribution is 2.34. The summed E-state index contributed by atoms with van der Waals surface area (Å²) in [4.78, 5) is 19.3. The van der Waals surface area contributed by atoms with E-state index in [1.165, 1.54) is 11.3 Å². The normalized spacial score (nSPS) is 18.7. The quantitative estimate of drug-likeness (QED) is 0.915. The molecule has 0 aliphatic carbocycles. The summed E-state index contributed by atoms with van der Waals surface area (Å²) in [6, 6.07) is 5.85. The second-order valence-electron chi connectivity index (χ2n) is 4.65. The van der Waals surface area contributed by atoms with Gasteiger partial charge in [0.15, 0.2) is 0 Å². The molecule has 0 saturated carbocycles. The molecule has 1 aliphatic rings. The number of hydrogen-bond acceptors (Lipinski definition) is 4. The largest absolute Gasteiger partial charge is 0.397 e. The maximum atomic E-state index is 12.5. The lowest BCUT2D eigenvalue weighted by Gasteiger charge is -2.24. The monoisotopic (exact) mass is 273 g/mol. The first-order valence-corrected chi connectivity index (χ1v) is 7.19. The molecule has 1 aliphatic heterocycles. The van der Waals surface area contributed by atoms with Gasteiger partial charge in [-0.05, 0) is 35.9 Å². The molecule has 3 heterocycles. The van der Waals surface area contributed by atoms with Crippen LogP contribution in [0, 0.1) is 0 Å². The number of nitrogens with zero attached hydrogens (tertiary/aromatic N) is 2. The number of nitrogens with two attached hydrogens (primary N) is 1. The Morgan fingerprint density at radius 1 is 1.47 bits per heavy atom. The Hall–Kier alpha value is -1.88. The topological polar surface area (TPSA) is 59.2 Å². The summed E-state index contributed by atoms with van der Waals surface area (Å²) in [6.45, 7) is 0.787. The molecular weight excluding hydrogens is 258 g/mol. The van der Waals surface area contributed by atoms with Crippen LogP contribution in [0.5, 0.6) is 0 Å². The summed E-state index contributed by atoms with van der Waals surface area (Å²) >= 11 is 1.41. The van der Waals surface area contributed by atoms with E-state index in [4.69, 9.17) is 5.73 Å². The van der Waals surface area contributed by atoms with Crippen LogP contribution in [0.4, 0.5) is 5.69 Å². The van der Waals surface area contributed by atoms with Crippen molar-refractivity contribution in [2.45, 2.75) is 18.9 Å². The van der Waals surface area contributed by atoms with Crippen molar-refractivity contribution in [3.05, 3.63) is 46.4 Å². The first-order chi connectivity index (χ1) is 9.27. The van der Waals surface area contributed by atoms with Crippen molar-refractivity contribution in [1.82, 2.24) is 9.88 Å². The first kappa shape index (κ1) is 12.2. The summed E-state index contributed by atoms with van der Waals surface area (Å²) < 4.78 is 0. The number of thiophene rings is 1. The van der Waals surface area contributed by atoms with Gasteiger partial charge in [0, 0.05) is 18.9 Å². The number of aromatic nitrogens is 1. The fourth-order valence-electron chi connectivity index (χ4n) is 2.55. The Balaban J connectivity index is 1.88. The Morgan fingerprint density at radius 3 is 3.05 bits per heavy atom. The van der Waals surface area contributed by atoms with Crippen molar-refractivity contribution in [2.75, 3.05) is 12.3 Å². The zero-order chi connectivity index (χ0) is 13.2. The van der Waals surface area contributed by atoms with Gasteiger partial charge in [-0.25, -0.2) is 0 Å². The van der Waals surface area contributed by atoms with Crippen molar-refractivity contribution in [3.63, 3.8) is 0 Å².